The number of nitrogens with one attached hydrogen (secondary N) is 1. The molecule has 0 saturated carbocycles. The summed E-state index contributed by atoms with van der Waals surface area (Å²) in [5.41, 5.74) is 0.967. The summed E-state index contributed by atoms with van der Waals surface area (Å²) in [7, 11) is -3.86. The van der Waals surface area contributed by atoms with Crippen molar-refractivity contribution >= 4 is 21.9 Å². The number of hydrogen-bond acceptors (Lipinski definition) is 5. The summed E-state index contributed by atoms with van der Waals surface area (Å²) >= 11 is 0. The third-order valence-electron chi connectivity index (χ3n) is 3.55. The summed E-state index contributed by atoms with van der Waals surface area (Å²) in [5.74, 6) is -0.881. The first-order valence-corrected chi connectivity index (χ1v) is 9.29. The minimum Gasteiger partial charge on any atom is -0.481 e. The molecule has 0 unspecified atom stereocenters. The summed E-state index contributed by atoms with van der Waals surface area (Å²) in [4.78, 5) is 15.1. The van der Waals surface area contributed by atoms with Crippen molar-refractivity contribution in [2.75, 3.05) is 4.72 Å². The van der Waals surface area contributed by atoms with Gasteiger partial charge in [0, 0.05) is 12.0 Å². The number of benzene rings is 2. The number of rotatable bonds is 7. The lowest BCUT2D eigenvalue weighted by Crippen LogP contribution is -2.12. The topological polar surface area (TPSA) is 109 Å². The van der Waals surface area contributed by atoms with E-state index in [1.54, 1.807) is 42.5 Å². The number of aliphatic carboxylic acids is 1. The Hall–Kier alpha value is -3.13. The molecule has 3 aromatic rings. The number of nitrogens with zero attached hydrogens (tertiary/aromatic N) is 1. The summed E-state index contributed by atoms with van der Waals surface area (Å²) < 4.78 is 33.1. The zero-order chi connectivity index (χ0) is 18.6. The molecule has 2 N–H and O–H groups in total. The second-order valence-electron chi connectivity index (χ2n) is 5.46. The molecule has 2 aromatic carbocycles. The number of oxazole rings is 1. The third kappa shape index (κ3) is 4.09. The van der Waals surface area contributed by atoms with Crippen molar-refractivity contribution in [1.29, 1.82) is 0 Å². The first-order chi connectivity index (χ1) is 12.5. The van der Waals surface area contributed by atoms with Crippen LogP contribution in [0.1, 0.15) is 12.3 Å². The van der Waals surface area contributed by atoms with Crippen LogP contribution in [0.25, 0.3) is 11.3 Å². The number of aromatic nitrogens is 1. The van der Waals surface area contributed by atoms with Crippen molar-refractivity contribution in [2.45, 2.75) is 17.7 Å². The molecule has 26 heavy (non-hydrogen) atoms. The van der Waals surface area contributed by atoms with Crippen molar-refractivity contribution < 1.29 is 22.7 Å². The van der Waals surface area contributed by atoms with Crippen LogP contribution in [-0.2, 0) is 21.2 Å². The first-order valence-electron chi connectivity index (χ1n) is 7.80. The Balaban J connectivity index is 1.98. The van der Waals surface area contributed by atoms with E-state index in [1.165, 1.54) is 12.1 Å². The Labute approximate surface area is 150 Å². The lowest BCUT2D eigenvalue weighted by Gasteiger charge is -2.06. The molecule has 0 aliphatic rings. The average molecular weight is 372 g/mol. The molecular weight excluding hydrogens is 356 g/mol. The highest BCUT2D eigenvalue weighted by molar-refractivity contribution is 7.92. The van der Waals surface area contributed by atoms with Gasteiger partial charge in [-0.3, -0.25) is 4.79 Å². The van der Waals surface area contributed by atoms with Crippen LogP contribution in [0.3, 0.4) is 0 Å². The molecule has 0 spiro atoms. The first kappa shape index (κ1) is 17.7. The van der Waals surface area contributed by atoms with Gasteiger partial charge in [0.15, 0.2) is 5.89 Å². The van der Waals surface area contributed by atoms with Gasteiger partial charge in [0.2, 0.25) is 5.88 Å². The van der Waals surface area contributed by atoms with Crippen LogP contribution in [0, 0.1) is 0 Å². The van der Waals surface area contributed by atoms with Crippen LogP contribution < -0.4 is 4.72 Å². The van der Waals surface area contributed by atoms with Gasteiger partial charge in [0.1, 0.15) is 5.69 Å². The smallest absolute Gasteiger partial charge is 0.303 e. The average Bonchev–Trinajstić information content (AvgIpc) is 3.03. The monoisotopic (exact) mass is 372 g/mol. The molecule has 1 heterocycles. The highest BCUT2D eigenvalue weighted by atomic mass is 32.2. The van der Waals surface area contributed by atoms with Crippen molar-refractivity contribution in [3.8, 4) is 11.3 Å². The minimum absolute atomic E-state index is 0.0413. The molecule has 0 aliphatic carbocycles. The normalized spacial score (nSPS) is 11.2. The van der Waals surface area contributed by atoms with E-state index in [9.17, 15) is 13.2 Å². The van der Waals surface area contributed by atoms with Crippen LogP contribution in [0.2, 0.25) is 0 Å². The molecule has 3 rings (SSSR count). The molecule has 7 nitrogen and oxygen atoms in total. The Bertz CT molecular complexity index is 999. The number of anilines is 1. The molecule has 0 fully saturated rings. The predicted molar refractivity (Wildman–Crippen MR) is 95.1 cm³/mol. The van der Waals surface area contributed by atoms with E-state index in [-0.39, 0.29) is 29.5 Å². The van der Waals surface area contributed by atoms with Gasteiger partial charge in [-0.1, -0.05) is 48.5 Å². The van der Waals surface area contributed by atoms with Crippen molar-refractivity contribution in [3.63, 3.8) is 0 Å². The number of hydrogen-bond donors (Lipinski definition) is 2. The molecule has 8 heteroatoms. The van der Waals surface area contributed by atoms with Gasteiger partial charge in [-0.05, 0) is 12.1 Å². The lowest BCUT2D eigenvalue weighted by molar-refractivity contribution is -0.137. The number of sulfonamides is 1. The number of carboxylic acid groups (broad SMARTS) is 1. The van der Waals surface area contributed by atoms with E-state index >= 15 is 0 Å². The zero-order valence-corrected chi connectivity index (χ0v) is 14.4. The summed E-state index contributed by atoms with van der Waals surface area (Å²) in [5, 5.41) is 8.82. The van der Waals surface area contributed by atoms with Gasteiger partial charge in [-0.25, -0.2) is 18.1 Å². The Kier molecular flexibility index (Phi) is 5.04. The number of carboxylic acids is 1. The van der Waals surface area contributed by atoms with E-state index in [4.69, 9.17) is 9.52 Å². The van der Waals surface area contributed by atoms with Crippen molar-refractivity contribution in [1.82, 2.24) is 4.98 Å². The van der Waals surface area contributed by atoms with E-state index in [2.05, 4.69) is 9.71 Å². The maximum atomic E-state index is 12.6. The van der Waals surface area contributed by atoms with Crippen molar-refractivity contribution in [3.05, 3.63) is 66.6 Å². The Morgan fingerprint density at radius 3 is 2.27 bits per heavy atom. The highest BCUT2D eigenvalue weighted by Gasteiger charge is 2.22. The fraction of sp³-hybridized carbons (Fsp3) is 0.111. The molecular formula is C18H16N2O5S. The Morgan fingerprint density at radius 2 is 1.65 bits per heavy atom. The standard InChI is InChI=1S/C18H16N2O5S/c21-16(22)12-11-15-19-17(13-7-3-1-4-8-13)18(25-15)20-26(23,24)14-9-5-2-6-10-14/h1-10,20H,11-12H2,(H,21,22). The van der Waals surface area contributed by atoms with E-state index in [0.29, 0.717) is 11.3 Å². The largest absolute Gasteiger partial charge is 0.481 e. The third-order valence-corrected chi connectivity index (χ3v) is 4.90. The second kappa shape index (κ2) is 7.40. The van der Waals surface area contributed by atoms with Gasteiger partial charge in [-0.2, -0.15) is 0 Å². The SMILES string of the molecule is O=C(O)CCc1nc(-c2ccccc2)c(NS(=O)(=O)c2ccccc2)o1. The van der Waals surface area contributed by atoms with E-state index in [1.807, 2.05) is 6.07 Å². The predicted octanol–water partition coefficient (Wildman–Crippen LogP) is 3.16. The summed E-state index contributed by atoms with van der Waals surface area (Å²) in [6.45, 7) is 0. The molecule has 0 aliphatic heterocycles. The number of carbonyl (C=O) groups is 1. The molecule has 134 valence electrons. The van der Waals surface area contributed by atoms with Crippen LogP contribution >= 0.6 is 0 Å². The van der Waals surface area contributed by atoms with E-state index < -0.39 is 16.0 Å². The van der Waals surface area contributed by atoms with Gasteiger partial charge in [0.05, 0.1) is 11.3 Å². The maximum absolute atomic E-state index is 12.6. The molecule has 0 amide bonds. The van der Waals surface area contributed by atoms with Crippen LogP contribution in [-0.4, -0.2) is 24.5 Å². The van der Waals surface area contributed by atoms with Gasteiger partial charge in [0.25, 0.3) is 10.0 Å². The van der Waals surface area contributed by atoms with Crippen LogP contribution in [0.4, 0.5) is 5.88 Å². The van der Waals surface area contributed by atoms with Gasteiger partial charge in [-0.15, -0.1) is 0 Å². The van der Waals surface area contributed by atoms with Gasteiger partial charge < -0.3 is 9.52 Å². The van der Waals surface area contributed by atoms with Crippen molar-refractivity contribution in [2.24, 2.45) is 0 Å². The molecule has 0 radical (unpaired) electrons. The quantitative estimate of drug-likeness (QED) is 0.659. The molecule has 0 atom stereocenters. The molecule has 0 saturated heterocycles. The van der Waals surface area contributed by atoms with Crippen LogP contribution in [0.5, 0.6) is 0 Å². The fourth-order valence-electron chi connectivity index (χ4n) is 2.33. The molecule has 1 aromatic heterocycles. The fourth-order valence-corrected chi connectivity index (χ4v) is 3.34. The summed E-state index contributed by atoms with van der Waals surface area (Å²) in [6.07, 6.45) is -0.109. The summed E-state index contributed by atoms with van der Waals surface area (Å²) in [6, 6.07) is 16.8. The minimum atomic E-state index is -3.86. The second-order valence-corrected chi connectivity index (χ2v) is 7.15. The zero-order valence-electron chi connectivity index (χ0n) is 13.6. The highest BCUT2D eigenvalue weighted by Crippen LogP contribution is 2.30. The maximum Gasteiger partial charge on any atom is 0.303 e. The number of aryl methyl sites for hydroxylation is 1. The molecule has 0 bridgehead atoms. The Morgan fingerprint density at radius 1 is 1.04 bits per heavy atom. The lowest BCUT2D eigenvalue weighted by atomic mass is 10.2. The van der Waals surface area contributed by atoms with Crippen LogP contribution in [0.15, 0.2) is 70.0 Å². The van der Waals surface area contributed by atoms with Gasteiger partial charge >= 0.3 is 5.97 Å². The van der Waals surface area contributed by atoms with E-state index in [0.717, 1.165) is 0 Å².